The number of anilines is 2. The Balaban J connectivity index is 1.73. The third kappa shape index (κ3) is 6.73. The van der Waals surface area contributed by atoms with Crippen molar-refractivity contribution in [3.8, 4) is 5.75 Å². The van der Waals surface area contributed by atoms with Gasteiger partial charge in [0.25, 0.3) is 20.2 Å². The second-order valence-electron chi connectivity index (χ2n) is 11.0. The molecule has 0 aromatic heterocycles. The minimum atomic E-state index is -5.00. The molecule has 2 heterocycles. The standard InChI is InChI=1S/C26H32F4N4O8S2/c1-16-13-32(14-17(2)41-16)44(39,40)31-12-20-15-33(43(37,38)21-8-5-18(27)6-9-21)22-11-19(7-10-23(22)42-20)34(24(35)36)25(3,4)26(28,29)30/h5-11,16-17,20,31H,12-15H2,1-4H3,(H,35,36)/t16?,17?,20-/m0/s1. The van der Waals surface area contributed by atoms with Crippen molar-refractivity contribution in [1.82, 2.24) is 9.03 Å². The third-order valence-electron chi connectivity index (χ3n) is 7.20. The monoisotopic (exact) mass is 668 g/mol. The number of sulfonamides is 1. The molecule has 0 radical (unpaired) electrons. The summed E-state index contributed by atoms with van der Waals surface area (Å²) in [6, 6.07) is 6.82. The summed E-state index contributed by atoms with van der Waals surface area (Å²) < 4.78 is 125. The molecule has 0 aliphatic carbocycles. The van der Waals surface area contributed by atoms with Gasteiger partial charge in [0, 0.05) is 13.1 Å². The fourth-order valence-electron chi connectivity index (χ4n) is 4.92. The Kier molecular flexibility index (Phi) is 9.16. The molecule has 0 spiro atoms. The van der Waals surface area contributed by atoms with Crippen LogP contribution in [0.15, 0.2) is 47.4 Å². The van der Waals surface area contributed by atoms with Gasteiger partial charge in [0.05, 0.1) is 41.6 Å². The van der Waals surface area contributed by atoms with Crippen LogP contribution in [-0.4, -0.2) is 88.5 Å². The minimum Gasteiger partial charge on any atom is -0.485 e. The number of ether oxygens (including phenoxy) is 2. The highest BCUT2D eigenvalue weighted by atomic mass is 32.2. The van der Waals surface area contributed by atoms with E-state index in [-0.39, 0.29) is 46.5 Å². The van der Waals surface area contributed by atoms with E-state index < -0.39 is 68.7 Å². The number of morpholine rings is 1. The van der Waals surface area contributed by atoms with Crippen molar-refractivity contribution in [1.29, 1.82) is 0 Å². The molecule has 244 valence electrons. The lowest BCUT2D eigenvalue weighted by molar-refractivity contribution is -0.175. The molecule has 2 aliphatic rings. The van der Waals surface area contributed by atoms with Crippen LogP contribution < -0.4 is 18.7 Å². The first kappa shape index (κ1) is 33.7. The van der Waals surface area contributed by atoms with E-state index in [1.54, 1.807) is 13.8 Å². The molecule has 44 heavy (non-hydrogen) atoms. The second-order valence-corrected chi connectivity index (χ2v) is 14.6. The summed E-state index contributed by atoms with van der Waals surface area (Å²) in [7, 11) is -8.60. The van der Waals surface area contributed by atoms with Crippen LogP contribution in [0.4, 0.5) is 33.7 Å². The third-order valence-corrected chi connectivity index (χ3v) is 10.5. The number of carboxylic acid groups (broad SMARTS) is 1. The highest BCUT2D eigenvalue weighted by Gasteiger charge is 2.54. The zero-order chi connectivity index (χ0) is 32.8. The molecule has 0 saturated carbocycles. The van der Waals surface area contributed by atoms with E-state index in [0.717, 1.165) is 46.8 Å². The van der Waals surface area contributed by atoms with E-state index >= 15 is 0 Å². The van der Waals surface area contributed by atoms with Crippen LogP contribution in [-0.2, 0) is 25.0 Å². The van der Waals surface area contributed by atoms with Gasteiger partial charge in [-0.15, -0.1) is 0 Å². The summed E-state index contributed by atoms with van der Waals surface area (Å²) in [6.07, 6.45) is -8.82. The quantitative estimate of drug-likeness (QED) is 0.407. The van der Waals surface area contributed by atoms with Crippen LogP contribution in [0.25, 0.3) is 0 Å². The first-order valence-corrected chi connectivity index (χ1v) is 16.2. The summed E-state index contributed by atoms with van der Waals surface area (Å²) in [5.74, 6) is -0.891. The number of hydrogen-bond acceptors (Lipinski definition) is 7. The summed E-state index contributed by atoms with van der Waals surface area (Å²) in [6.45, 7) is 3.98. The van der Waals surface area contributed by atoms with Crippen molar-refractivity contribution in [3.63, 3.8) is 0 Å². The molecule has 0 bridgehead atoms. The highest BCUT2D eigenvalue weighted by molar-refractivity contribution is 7.92. The van der Waals surface area contributed by atoms with Crippen LogP contribution >= 0.6 is 0 Å². The number of hydrogen-bond donors (Lipinski definition) is 2. The van der Waals surface area contributed by atoms with Crippen molar-refractivity contribution >= 4 is 37.7 Å². The minimum absolute atomic E-state index is 0.0561. The van der Waals surface area contributed by atoms with Crippen LogP contribution in [0.2, 0.25) is 0 Å². The molecule has 1 fully saturated rings. The van der Waals surface area contributed by atoms with E-state index in [0.29, 0.717) is 13.8 Å². The number of benzene rings is 2. The fourth-order valence-corrected chi connectivity index (χ4v) is 7.81. The molecule has 2 aromatic carbocycles. The van der Waals surface area contributed by atoms with Gasteiger partial charge in [-0.3, -0.25) is 9.21 Å². The first-order valence-electron chi connectivity index (χ1n) is 13.3. The Hall–Kier alpha value is -3.19. The molecule has 2 N–H and O–H groups in total. The molecule has 1 amide bonds. The molecular formula is C26H32F4N4O8S2. The average molecular weight is 669 g/mol. The Labute approximate surface area is 252 Å². The summed E-state index contributed by atoms with van der Waals surface area (Å²) in [5, 5.41) is 9.74. The molecule has 2 aliphatic heterocycles. The maximum atomic E-state index is 13.9. The Bertz CT molecular complexity index is 1590. The lowest BCUT2D eigenvalue weighted by Gasteiger charge is -2.40. The van der Waals surface area contributed by atoms with Crippen LogP contribution in [0, 0.1) is 5.82 Å². The molecule has 2 unspecified atom stereocenters. The number of fused-ring (bicyclic) bond motifs is 1. The number of amides is 1. The van der Waals surface area contributed by atoms with Gasteiger partial charge in [0.15, 0.2) is 0 Å². The molecule has 2 aromatic rings. The first-order chi connectivity index (χ1) is 20.2. The molecule has 3 atom stereocenters. The van der Waals surface area contributed by atoms with Gasteiger partial charge < -0.3 is 14.6 Å². The number of rotatable bonds is 8. The molecule has 1 saturated heterocycles. The topological polar surface area (TPSA) is 146 Å². The Morgan fingerprint density at radius 2 is 1.61 bits per heavy atom. The van der Waals surface area contributed by atoms with Crippen molar-refractivity contribution < 1.29 is 53.8 Å². The Morgan fingerprint density at radius 3 is 2.16 bits per heavy atom. The van der Waals surface area contributed by atoms with Crippen LogP contribution in [0.3, 0.4) is 0 Å². The summed E-state index contributed by atoms with van der Waals surface area (Å²) in [4.78, 5) is 11.7. The zero-order valence-corrected chi connectivity index (χ0v) is 25.7. The summed E-state index contributed by atoms with van der Waals surface area (Å²) >= 11 is 0. The second kappa shape index (κ2) is 12.0. The number of nitrogens with zero attached hydrogens (tertiary/aromatic N) is 3. The van der Waals surface area contributed by atoms with Gasteiger partial charge in [0.1, 0.15) is 23.2 Å². The average Bonchev–Trinajstić information content (AvgIpc) is 2.90. The predicted molar refractivity (Wildman–Crippen MR) is 151 cm³/mol. The maximum absolute atomic E-state index is 13.9. The highest BCUT2D eigenvalue weighted by Crippen LogP contribution is 2.43. The van der Waals surface area contributed by atoms with E-state index in [2.05, 4.69) is 4.72 Å². The SMILES string of the molecule is CC1CN(S(=O)(=O)NC[C@H]2CN(S(=O)(=O)c3ccc(F)cc3)c3cc(N(C(=O)O)C(C)(C)C(F)(F)F)ccc3O2)CC(C)O1. The van der Waals surface area contributed by atoms with Crippen LogP contribution in [0.5, 0.6) is 5.75 Å². The largest absolute Gasteiger partial charge is 0.485 e. The number of halogens is 4. The number of nitrogens with one attached hydrogen (secondary N) is 1. The normalized spacial score (nSPS) is 21.8. The van der Waals surface area contributed by atoms with Crippen molar-refractivity contribution in [2.24, 2.45) is 0 Å². The zero-order valence-electron chi connectivity index (χ0n) is 24.1. The number of alkyl halides is 3. The van der Waals surface area contributed by atoms with E-state index in [4.69, 9.17) is 9.47 Å². The van der Waals surface area contributed by atoms with Gasteiger partial charge in [-0.1, -0.05) is 0 Å². The molecule has 4 rings (SSSR count). The van der Waals surface area contributed by atoms with Crippen molar-refractivity contribution in [2.75, 3.05) is 35.4 Å². The van der Waals surface area contributed by atoms with Gasteiger partial charge in [-0.2, -0.15) is 30.6 Å². The lowest BCUT2D eigenvalue weighted by Crippen LogP contribution is -2.57. The molecule has 18 heteroatoms. The smallest absolute Gasteiger partial charge is 0.412 e. The van der Waals surface area contributed by atoms with E-state index in [1.807, 2.05) is 0 Å². The molecular weight excluding hydrogens is 636 g/mol. The van der Waals surface area contributed by atoms with Gasteiger partial charge in [-0.05, 0) is 70.2 Å². The molecule has 12 nitrogen and oxygen atoms in total. The van der Waals surface area contributed by atoms with Gasteiger partial charge >= 0.3 is 12.3 Å². The Morgan fingerprint density at radius 1 is 1.02 bits per heavy atom. The van der Waals surface area contributed by atoms with Crippen LogP contribution in [0.1, 0.15) is 27.7 Å². The predicted octanol–water partition coefficient (Wildman–Crippen LogP) is 3.55. The van der Waals surface area contributed by atoms with Gasteiger partial charge in [-0.25, -0.2) is 17.6 Å². The van der Waals surface area contributed by atoms with E-state index in [9.17, 15) is 44.3 Å². The number of carbonyl (C=O) groups is 1. The van der Waals surface area contributed by atoms with Crippen molar-refractivity contribution in [3.05, 3.63) is 48.3 Å². The van der Waals surface area contributed by atoms with Crippen molar-refractivity contribution in [2.45, 2.75) is 62.6 Å². The summed E-state index contributed by atoms with van der Waals surface area (Å²) in [5.41, 5.74) is -3.72. The lowest BCUT2D eigenvalue weighted by atomic mass is 10.0. The van der Waals surface area contributed by atoms with Gasteiger partial charge in [0.2, 0.25) is 0 Å². The fraction of sp³-hybridized carbons (Fsp3) is 0.500. The maximum Gasteiger partial charge on any atom is 0.412 e. The van der Waals surface area contributed by atoms with E-state index in [1.165, 1.54) is 4.31 Å².